The van der Waals surface area contributed by atoms with Crippen molar-refractivity contribution in [1.82, 2.24) is 5.32 Å². The van der Waals surface area contributed by atoms with Gasteiger partial charge >= 0.3 is 0 Å². The maximum atomic E-state index is 3.34. The minimum absolute atomic E-state index is 0.482. The van der Waals surface area contributed by atoms with Gasteiger partial charge in [-0.25, -0.2) is 0 Å². The van der Waals surface area contributed by atoms with Gasteiger partial charge in [0.05, 0.1) is 0 Å². The lowest BCUT2D eigenvalue weighted by Crippen LogP contribution is -2.28. The molecule has 0 aliphatic rings. The molecule has 0 heterocycles. The van der Waals surface area contributed by atoms with Gasteiger partial charge in [0.25, 0.3) is 0 Å². The van der Waals surface area contributed by atoms with E-state index in [-0.39, 0.29) is 0 Å². The summed E-state index contributed by atoms with van der Waals surface area (Å²) >= 11 is 0. The van der Waals surface area contributed by atoms with Gasteiger partial charge in [0.1, 0.15) is 0 Å². The summed E-state index contributed by atoms with van der Waals surface area (Å²) in [7, 11) is 0. The molecule has 0 rings (SSSR count). The van der Waals surface area contributed by atoms with E-state index in [4.69, 9.17) is 0 Å². The third-order valence-corrected chi connectivity index (χ3v) is 1.81. The number of hydrogen-bond donors (Lipinski definition) is 1. The van der Waals surface area contributed by atoms with Gasteiger partial charge in [0.2, 0.25) is 0 Å². The van der Waals surface area contributed by atoms with Crippen LogP contribution >= 0.6 is 0 Å². The summed E-state index contributed by atoms with van der Waals surface area (Å²) in [5.41, 5.74) is 0.482. The molecule has 13 heavy (non-hydrogen) atoms. The first-order valence-electron chi connectivity index (χ1n) is 5.83. The van der Waals surface area contributed by atoms with Crippen LogP contribution < -0.4 is 5.32 Å². The van der Waals surface area contributed by atoms with Crippen LogP contribution in [0.1, 0.15) is 61.8 Å². The van der Waals surface area contributed by atoms with E-state index in [1.165, 1.54) is 6.42 Å². The first kappa shape index (κ1) is 18.7. The van der Waals surface area contributed by atoms with E-state index in [0.29, 0.717) is 5.41 Å². The first-order chi connectivity index (χ1) is 6.12. The molecule has 0 fully saturated rings. The molecule has 84 valence electrons. The van der Waals surface area contributed by atoms with Crippen molar-refractivity contribution in [3.05, 3.63) is 0 Å². The predicted octanol–water partition coefficient (Wildman–Crippen LogP) is 4.08. The van der Waals surface area contributed by atoms with Crippen LogP contribution in [0, 0.1) is 5.41 Å². The second kappa shape index (κ2) is 14.5. The van der Waals surface area contributed by atoms with Crippen molar-refractivity contribution in [2.75, 3.05) is 13.1 Å². The molecule has 0 aliphatic heterocycles. The quantitative estimate of drug-likeness (QED) is 0.702. The molecular weight excluding hydrogens is 158 g/mol. The summed E-state index contributed by atoms with van der Waals surface area (Å²) in [5, 5.41) is 3.34. The van der Waals surface area contributed by atoms with Crippen molar-refractivity contribution in [1.29, 1.82) is 0 Å². The van der Waals surface area contributed by atoms with Crippen molar-refractivity contribution in [2.45, 2.75) is 61.8 Å². The van der Waals surface area contributed by atoms with E-state index in [0.717, 1.165) is 13.1 Å². The van der Waals surface area contributed by atoms with Crippen LogP contribution in [0.25, 0.3) is 0 Å². The van der Waals surface area contributed by atoms with Gasteiger partial charge < -0.3 is 5.32 Å². The molecule has 0 aliphatic carbocycles. The largest absolute Gasteiger partial charge is 0.316 e. The Labute approximate surface area is 86.3 Å². The summed E-state index contributed by atoms with van der Waals surface area (Å²) in [6.45, 7) is 19.2. The molecule has 0 unspecified atom stereocenters. The van der Waals surface area contributed by atoms with Crippen LogP contribution in [0.3, 0.4) is 0 Å². The zero-order valence-corrected chi connectivity index (χ0v) is 11.1. The summed E-state index contributed by atoms with van der Waals surface area (Å²) in [6, 6.07) is 0. The first-order valence-corrected chi connectivity index (χ1v) is 5.83. The molecule has 0 aromatic carbocycles. The van der Waals surface area contributed by atoms with Gasteiger partial charge in [-0.2, -0.15) is 0 Å². The van der Waals surface area contributed by atoms with Gasteiger partial charge in [-0.3, -0.25) is 0 Å². The second-order valence-corrected chi connectivity index (χ2v) is 3.30. The third kappa shape index (κ3) is 18.7. The van der Waals surface area contributed by atoms with E-state index in [2.05, 4.69) is 33.0 Å². The zero-order valence-electron chi connectivity index (χ0n) is 11.1. The molecule has 1 N–H and O–H groups in total. The highest BCUT2D eigenvalue weighted by Gasteiger charge is 2.12. The predicted molar refractivity (Wildman–Crippen MR) is 65.3 cm³/mol. The fraction of sp³-hybridized carbons (Fsp3) is 1.00. The van der Waals surface area contributed by atoms with Crippen LogP contribution in [0.15, 0.2) is 0 Å². The van der Waals surface area contributed by atoms with Crippen molar-refractivity contribution in [3.8, 4) is 0 Å². The maximum Gasteiger partial charge on any atom is 0.000230 e. The van der Waals surface area contributed by atoms with Gasteiger partial charge in [0, 0.05) is 6.54 Å². The maximum absolute atomic E-state index is 3.34. The van der Waals surface area contributed by atoms with Gasteiger partial charge in [-0.15, -0.1) is 0 Å². The van der Waals surface area contributed by atoms with Crippen molar-refractivity contribution in [2.24, 2.45) is 5.41 Å². The molecule has 0 aromatic heterocycles. The Kier molecular flexibility index (Phi) is 20.8. The fourth-order valence-corrected chi connectivity index (χ4v) is 0.588. The highest BCUT2D eigenvalue weighted by molar-refractivity contribution is 4.68. The van der Waals surface area contributed by atoms with Gasteiger partial charge in [-0.1, -0.05) is 55.4 Å². The van der Waals surface area contributed by atoms with Crippen LogP contribution in [-0.4, -0.2) is 13.1 Å². The summed E-state index contributed by atoms with van der Waals surface area (Å²) in [4.78, 5) is 0. The molecule has 0 bridgehead atoms. The molecule has 0 atom stereocenters. The monoisotopic (exact) mass is 189 g/mol. The van der Waals surface area contributed by atoms with E-state index in [1.807, 2.05) is 27.7 Å². The summed E-state index contributed by atoms with van der Waals surface area (Å²) in [6.07, 6.45) is 1.25. The van der Waals surface area contributed by atoms with Crippen molar-refractivity contribution in [3.63, 3.8) is 0 Å². The normalized spacial score (nSPS) is 9.23. The fourth-order valence-electron chi connectivity index (χ4n) is 0.588. The lowest BCUT2D eigenvalue weighted by atomic mass is 9.90. The minimum atomic E-state index is 0.482. The number of rotatable bonds is 4. The van der Waals surface area contributed by atoms with Crippen molar-refractivity contribution < 1.29 is 0 Å². The topological polar surface area (TPSA) is 12.0 Å². The summed E-state index contributed by atoms with van der Waals surface area (Å²) in [5.74, 6) is 0. The van der Waals surface area contributed by atoms with Crippen LogP contribution in [0.5, 0.6) is 0 Å². The molecule has 0 aromatic rings. The summed E-state index contributed by atoms with van der Waals surface area (Å²) < 4.78 is 0. The standard InChI is InChI=1S/C8H19N.2C2H6/c1-5-8(3,4)7-9-6-2;2*1-2/h9H,5-7H2,1-4H3;2*1-2H3. The Bertz CT molecular complexity index is 67.5. The SMILES string of the molecule is CC.CC.CCNCC(C)(C)CC. The highest BCUT2D eigenvalue weighted by Crippen LogP contribution is 2.17. The third-order valence-electron chi connectivity index (χ3n) is 1.81. The lowest BCUT2D eigenvalue weighted by molar-refractivity contribution is 0.332. The smallest absolute Gasteiger partial charge is 0.000230 e. The molecule has 0 spiro atoms. The Hall–Kier alpha value is -0.0400. The average molecular weight is 189 g/mol. The van der Waals surface area contributed by atoms with Crippen LogP contribution in [0.4, 0.5) is 0 Å². The molecule has 0 amide bonds. The molecule has 0 saturated carbocycles. The number of hydrogen-bond acceptors (Lipinski definition) is 1. The molecule has 1 nitrogen and oxygen atoms in total. The van der Waals surface area contributed by atoms with E-state index < -0.39 is 0 Å². The molecule has 0 saturated heterocycles. The highest BCUT2D eigenvalue weighted by atomic mass is 14.9. The van der Waals surface area contributed by atoms with E-state index in [1.54, 1.807) is 0 Å². The Morgan fingerprint density at radius 3 is 1.54 bits per heavy atom. The average Bonchev–Trinajstić information content (AvgIpc) is 2.21. The van der Waals surface area contributed by atoms with E-state index >= 15 is 0 Å². The Morgan fingerprint density at radius 2 is 1.31 bits per heavy atom. The van der Waals surface area contributed by atoms with Crippen LogP contribution in [0.2, 0.25) is 0 Å². The van der Waals surface area contributed by atoms with Crippen molar-refractivity contribution >= 4 is 0 Å². The molecular formula is C12H31N. The number of nitrogens with one attached hydrogen (secondary N) is 1. The van der Waals surface area contributed by atoms with Crippen LogP contribution in [-0.2, 0) is 0 Å². The lowest BCUT2D eigenvalue weighted by Gasteiger charge is -2.22. The Balaban J connectivity index is -0.000000218. The molecule has 0 radical (unpaired) electrons. The molecule has 1 heteroatoms. The van der Waals surface area contributed by atoms with Gasteiger partial charge in [0.15, 0.2) is 0 Å². The Morgan fingerprint density at radius 1 is 0.923 bits per heavy atom. The second-order valence-electron chi connectivity index (χ2n) is 3.30. The van der Waals surface area contributed by atoms with E-state index in [9.17, 15) is 0 Å². The zero-order chi connectivity index (χ0) is 11.3. The van der Waals surface area contributed by atoms with Gasteiger partial charge in [-0.05, 0) is 18.4 Å². The minimum Gasteiger partial charge on any atom is -0.316 e.